The number of rotatable bonds is 3. The lowest BCUT2D eigenvalue weighted by atomic mass is 9.70. The van der Waals surface area contributed by atoms with E-state index in [1.165, 1.54) is 5.56 Å². The Morgan fingerprint density at radius 3 is 2.21 bits per heavy atom. The summed E-state index contributed by atoms with van der Waals surface area (Å²) in [5, 5.41) is 0. The Morgan fingerprint density at radius 2 is 1.74 bits per heavy atom. The van der Waals surface area contributed by atoms with Crippen LogP contribution in [0.1, 0.15) is 38.7 Å². The van der Waals surface area contributed by atoms with Crippen molar-refractivity contribution in [2.24, 2.45) is 5.73 Å². The van der Waals surface area contributed by atoms with Gasteiger partial charge in [-0.1, -0.05) is 44.2 Å². The van der Waals surface area contributed by atoms with E-state index in [4.69, 9.17) is 5.73 Å². The SMILES string of the molecule is CC.CN1CCC(CC(N)=O)(c2ccccc2)CC1. The van der Waals surface area contributed by atoms with Gasteiger partial charge < -0.3 is 10.6 Å². The Kier molecular flexibility index (Phi) is 6.03. The van der Waals surface area contributed by atoms with Gasteiger partial charge in [0.2, 0.25) is 5.91 Å². The Labute approximate surface area is 116 Å². The summed E-state index contributed by atoms with van der Waals surface area (Å²) in [6.45, 7) is 6.06. The third kappa shape index (κ3) is 4.06. The lowest BCUT2D eigenvalue weighted by Crippen LogP contribution is -2.43. The molecule has 0 radical (unpaired) electrons. The molecule has 1 heterocycles. The van der Waals surface area contributed by atoms with Crippen molar-refractivity contribution in [1.82, 2.24) is 4.90 Å². The fraction of sp³-hybridized carbons (Fsp3) is 0.562. The molecule has 1 amide bonds. The molecule has 1 aliphatic rings. The molecular weight excluding hydrogens is 236 g/mol. The first-order valence-electron chi connectivity index (χ1n) is 7.15. The van der Waals surface area contributed by atoms with Crippen molar-refractivity contribution in [3.05, 3.63) is 35.9 Å². The van der Waals surface area contributed by atoms with E-state index in [0.29, 0.717) is 6.42 Å². The van der Waals surface area contributed by atoms with Crippen LogP contribution >= 0.6 is 0 Å². The zero-order valence-electron chi connectivity index (χ0n) is 12.4. The maximum absolute atomic E-state index is 11.3. The Bertz CT molecular complexity index is 381. The van der Waals surface area contributed by atoms with Crippen molar-refractivity contribution in [2.45, 2.75) is 38.5 Å². The molecule has 0 unspecified atom stereocenters. The van der Waals surface area contributed by atoms with Crippen molar-refractivity contribution in [2.75, 3.05) is 20.1 Å². The molecular formula is C16H26N2O. The van der Waals surface area contributed by atoms with Crippen LogP contribution in [0, 0.1) is 0 Å². The minimum absolute atomic E-state index is 0.0421. The summed E-state index contributed by atoms with van der Waals surface area (Å²) in [6.07, 6.45) is 2.48. The van der Waals surface area contributed by atoms with Crippen molar-refractivity contribution in [3.8, 4) is 0 Å². The zero-order chi connectivity index (χ0) is 14.3. The third-order valence-electron chi connectivity index (χ3n) is 3.84. The number of piperidine rings is 1. The van der Waals surface area contributed by atoms with Crippen molar-refractivity contribution in [1.29, 1.82) is 0 Å². The molecule has 1 fully saturated rings. The number of nitrogens with zero attached hydrogens (tertiary/aromatic N) is 1. The summed E-state index contributed by atoms with van der Waals surface area (Å²) >= 11 is 0. The predicted molar refractivity (Wildman–Crippen MR) is 80.0 cm³/mol. The van der Waals surface area contributed by atoms with Crippen LogP contribution in [0.4, 0.5) is 0 Å². The van der Waals surface area contributed by atoms with Gasteiger partial charge in [-0.15, -0.1) is 0 Å². The average molecular weight is 262 g/mol. The van der Waals surface area contributed by atoms with Crippen LogP contribution in [0.5, 0.6) is 0 Å². The highest BCUT2D eigenvalue weighted by Crippen LogP contribution is 2.38. The summed E-state index contributed by atoms with van der Waals surface area (Å²) in [7, 11) is 2.12. The molecule has 2 rings (SSSR count). The van der Waals surface area contributed by atoms with Gasteiger partial charge in [-0.2, -0.15) is 0 Å². The highest BCUT2D eigenvalue weighted by atomic mass is 16.1. The Morgan fingerprint density at radius 1 is 1.21 bits per heavy atom. The van der Waals surface area contributed by atoms with Gasteiger partial charge in [-0.3, -0.25) is 4.79 Å². The maximum Gasteiger partial charge on any atom is 0.218 e. The number of benzene rings is 1. The molecule has 3 heteroatoms. The number of hydrogen-bond acceptors (Lipinski definition) is 2. The molecule has 1 saturated heterocycles. The molecule has 19 heavy (non-hydrogen) atoms. The monoisotopic (exact) mass is 262 g/mol. The average Bonchev–Trinajstić information content (AvgIpc) is 2.44. The third-order valence-corrected chi connectivity index (χ3v) is 3.84. The van der Waals surface area contributed by atoms with Crippen molar-refractivity contribution < 1.29 is 4.79 Å². The minimum atomic E-state index is -0.196. The van der Waals surface area contributed by atoms with Gasteiger partial charge in [0.25, 0.3) is 0 Å². The lowest BCUT2D eigenvalue weighted by molar-refractivity contribution is -0.119. The van der Waals surface area contributed by atoms with Crippen LogP contribution < -0.4 is 5.73 Å². The standard InChI is InChI=1S/C14H20N2O.C2H6/c1-16-9-7-14(8-10-16,11-13(15)17)12-5-3-2-4-6-12;1-2/h2-6H,7-11H2,1H3,(H2,15,17);1-2H3. The van der Waals surface area contributed by atoms with Crippen molar-refractivity contribution in [3.63, 3.8) is 0 Å². The van der Waals surface area contributed by atoms with Crippen LogP contribution in [0.2, 0.25) is 0 Å². The van der Waals surface area contributed by atoms with Gasteiger partial charge in [0, 0.05) is 11.8 Å². The fourth-order valence-corrected chi connectivity index (χ4v) is 2.74. The van der Waals surface area contributed by atoms with Crippen LogP contribution in [0.3, 0.4) is 0 Å². The largest absolute Gasteiger partial charge is 0.370 e. The molecule has 3 nitrogen and oxygen atoms in total. The van der Waals surface area contributed by atoms with E-state index < -0.39 is 0 Å². The Balaban J connectivity index is 0.000000861. The molecule has 2 N–H and O–H groups in total. The first-order chi connectivity index (χ1) is 9.12. The van der Waals surface area contributed by atoms with Gasteiger partial charge in [0.05, 0.1) is 0 Å². The fourth-order valence-electron chi connectivity index (χ4n) is 2.74. The van der Waals surface area contributed by atoms with E-state index in [1.54, 1.807) is 0 Å². The molecule has 0 aromatic heterocycles. The Hall–Kier alpha value is -1.35. The second-order valence-electron chi connectivity index (χ2n) is 5.09. The number of nitrogens with two attached hydrogens (primary N) is 1. The minimum Gasteiger partial charge on any atom is -0.370 e. The van der Waals surface area contributed by atoms with Gasteiger partial charge >= 0.3 is 0 Å². The van der Waals surface area contributed by atoms with E-state index in [9.17, 15) is 4.79 Å². The summed E-state index contributed by atoms with van der Waals surface area (Å²) < 4.78 is 0. The van der Waals surface area contributed by atoms with Crippen LogP contribution in [-0.4, -0.2) is 30.9 Å². The molecule has 0 bridgehead atoms. The number of amides is 1. The molecule has 1 aliphatic heterocycles. The second kappa shape index (κ2) is 7.29. The molecule has 0 atom stereocenters. The van der Waals surface area contributed by atoms with Gasteiger partial charge in [0.1, 0.15) is 0 Å². The first kappa shape index (κ1) is 15.7. The molecule has 0 aliphatic carbocycles. The van der Waals surface area contributed by atoms with Crippen LogP contribution in [-0.2, 0) is 10.2 Å². The van der Waals surface area contributed by atoms with E-state index in [0.717, 1.165) is 25.9 Å². The lowest BCUT2D eigenvalue weighted by Gasteiger charge is -2.40. The van der Waals surface area contributed by atoms with E-state index in [1.807, 2.05) is 32.0 Å². The summed E-state index contributed by atoms with van der Waals surface area (Å²) in [5.41, 5.74) is 6.64. The van der Waals surface area contributed by atoms with Gasteiger partial charge in [0.15, 0.2) is 0 Å². The van der Waals surface area contributed by atoms with E-state index >= 15 is 0 Å². The van der Waals surface area contributed by atoms with Crippen LogP contribution in [0.25, 0.3) is 0 Å². The van der Waals surface area contributed by atoms with Gasteiger partial charge in [-0.05, 0) is 38.5 Å². The summed E-state index contributed by atoms with van der Waals surface area (Å²) in [6, 6.07) is 10.3. The normalized spacial score (nSPS) is 18.3. The molecule has 106 valence electrons. The number of likely N-dealkylation sites (tertiary alicyclic amines) is 1. The number of hydrogen-bond donors (Lipinski definition) is 1. The molecule has 1 aromatic rings. The number of primary amides is 1. The summed E-state index contributed by atoms with van der Waals surface area (Å²) in [5.74, 6) is -0.196. The van der Waals surface area contributed by atoms with E-state index in [2.05, 4.69) is 24.1 Å². The van der Waals surface area contributed by atoms with Crippen LogP contribution in [0.15, 0.2) is 30.3 Å². The smallest absolute Gasteiger partial charge is 0.218 e. The first-order valence-corrected chi connectivity index (χ1v) is 7.15. The summed E-state index contributed by atoms with van der Waals surface area (Å²) in [4.78, 5) is 13.6. The molecule has 1 aromatic carbocycles. The number of carbonyl (C=O) groups is 1. The highest BCUT2D eigenvalue weighted by molar-refractivity contribution is 5.75. The highest BCUT2D eigenvalue weighted by Gasteiger charge is 2.36. The second-order valence-corrected chi connectivity index (χ2v) is 5.09. The maximum atomic E-state index is 11.3. The quantitative estimate of drug-likeness (QED) is 0.910. The predicted octanol–water partition coefficient (Wildman–Crippen LogP) is 2.55. The topological polar surface area (TPSA) is 46.3 Å². The van der Waals surface area contributed by atoms with Crippen molar-refractivity contribution >= 4 is 5.91 Å². The zero-order valence-corrected chi connectivity index (χ0v) is 12.4. The molecule has 0 saturated carbocycles. The van der Waals surface area contributed by atoms with Gasteiger partial charge in [-0.25, -0.2) is 0 Å². The molecule has 0 spiro atoms. The number of carbonyl (C=O) groups excluding carboxylic acids is 1. The van der Waals surface area contributed by atoms with E-state index in [-0.39, 0.29) is 11.3 Å².